The molecule has 0 radical (unpaired) electrons. The van der Waals surface area contributed by atoms with E-state index >= 15 is 0 Å². The number of H-pyrrole nitrogens is 1. The highest BCUT2D eigenvalue weighted by Crippen LogP contribution is 2.41. The van der Waals surface area contributed by atoms with Crippen molar-refractivity contribution in [2.45, 2.75) is 52.4 Å². The third-order valence-corrected chi connectivity index (χ3v) is 4.20. The zero-order valence-electron chi connectivity index (χ0n) is 16.5. The van der Waals surface area contributed by atoms with Gasteiger partial charge in [-0.3, -0.25) is 0 Å². The average molecular weight is 351 g/mol. The first-order valence-electron chi connectivity index (χ1n) is 8.84. The van der Waals surface area contributed by atoms with Gasteiger partial charge in [0.2, 0.25) is 0 Å². The Kier molecular flexibility index (Phi) is 5.86. The van der Waals surface area contributed by atoms with Gasteiger partial charge in [-0.25, -0.2) is 0 Å². The van der Waals surface area contributed by atoms with E-state index in [1.807, 2.05) is 30.3 Å². The Morgan fingerprint density at radius 2 is 1.38 bits per heavy atom. The van der Waals surface area contributed by atoms with Crippen LogP contribution in [0.3, 0.4) is 0 Å². The van der Waals surface area contributed by atoms with E-state index in [0.29, 0.717) is 5.75 Å². The predicted molar refractivity (Wildman–Crippen MR) is 107 cm³/mol. The lowest BCUT2D eigenvalue weighted by molar-refractivity contribution is 0.446. The zero-order valence-corrected chi connectivity index (χ0v) is 16.5. The third-order valence-electron chi connectivity index (χ3n) is 4.20. The number of aromatic nitrogens is 3. The molecule has 0 fully saturated rings. The fraction of sp³-hybridized carbons (Fsp3) is 0.364. The quantitative estimate of drug-likeness (QED) is 0.612. The van der Waals surface area contributed by atoms with Gasteiger partial charge in [0.25, 0.3) is 0 Å². The van der Waals surface area contributed by atoms with E-state index in [0.717, 1.165) is 16.7 Å². The normalized spacial score (nSPS) is 11.6. The van der Waals surface area contributed by atoms with Crippen molar-refractivity contribution in [2.24, 2.45) is 0 Å². The zero-order chi connectivity index (χ0) is 19.4. The Morgan fingerprint density at radius 1 is 0.808 bits per heavy atom. The molecular weight excluding hydrogens is 322 g/mol. The van der Waals surface area contributed by atoms with Gasteiger partial charge in [0.15, 0.2) is 0 Å². The molecule has 0 aliphatic heterocycles. The topological polar surface area (TPSA) is 61.8 Å². The van der Waals surface area contributed by atoms with Crippen LogP contribution in [-0.4, -0.2) is 20.5 Å². The van der Waals surface area contributed by atoms with Gasteiger partial charge < -0.3 is 5.11 Å². The number of nitrogens with one attached hydrogen (secondary N) is 1. The number of phenolic OH excluding ortho intramolecular Hbond substituents is 1. The minimum Gasteiger partial charge on any atom is -0.507 e. The van der Waals surface area contributed by atoms with E-state index in [1.54, 1.807) is 12.4 Å². The lowest BCUT2D eigenvalue weighted by atomic mass is 9.78. The molecular formula is C22H29N3O. The summed E-state index contributed by atoms with van der Waals surface area (Å²) in [5.74, 6) is 0.404. The van der Waals surface area contributed by atoms with Crippen LogP contribution in [0.15, 0.2) is 54.9 Å². The number of aromatic amines is 1. The monoisotopic (exact) mass is 351 g/mol. The molecule has 0 amide bonds. The first-order chi connectivity index (χ1) is 12.1. The van der Waals surface area contributed by atoms with E-state index in [-0.39, 0.29) is 10.8 Å². The van der Waals surface area contributed by atoms with Gasteiger partial charge in [-0.15, -0.1) is 0 Å². The molecule has 0 unspecified atom stereocenters. The SMILES string of the molecule is CC(C)(C)c1cc(-c2ccccc2)c(O)c(C(C)(C)C)c1.c1cn[nH]n1. The lowest BCUT2D eigenvalue weighted by Gasteiger charge is -2.27. The molecule has 0 saturated carbocycles. The number of hydrogen-bond donors (Lipinski definition) is 2. The van der Waals surface area contributed by atoms with Gasteiger partial charge in [0, 0.05) is 11.1 Å². The van der Waals surface area contributed by atoms with Crippen LogP contribution in [-0.2, 0) is 10.8 Å². The number of phenols is 1. The molecule has 0 spiro atoms. The molecule has 4 heteroatoms. The highest BCUT2D eigenvalue weighted by atomic mass is 16.3. The number of nitrogens with zero attached hydrogens (tertiary/aromatic N) is 2. The molecule has 0 saturated heterocycles. The second-order valence-corrected chi connectivity index (χ2v) is 8.44. The lowest BCUT2D eigenvalue weighted by Crippen LogP contribution is -2.17. The molecule has 2 aromatic carbocycles. The molecule has 26 heavy (non-hydrogen) atoms. The van der Waals surface area contributed by atoms with Crippen LogP contribution in [0.2, 0.25) is 0 Å². The van der Waals surface area contributed by atoms with Gasteiger partial charge in [-0.1, -0.05) is 77.9 Å². The average Bonchev–Trinajstić information content (AvgIpc) is 3.13. The van der Waals surface area contributed by atoms with E-state index in [4.69, 9.17) is 0 Å². The molecule has 4 nitrogen and oxygen atoms in total. The molecule has 0 atom stereocenters. The summed E-state index contributed by atoms with van der Waals surface area (Å²) in [6, 6.07) is 14.4. The Bertz CT molecular complexity index is 794. The molecule has 1 aromatic heterocycles. The van der Waals surface area contributed by atoms with Crippen molar-refractivity contribution in [3.8, 4) is 16.9 Å². The van der Waals surface area contributed by atoms with Gasteiger partial charge >= 0.3 is 0 Å². The van der Waals surface area contributed by atoms with Crippen molar-refractivity contribution in [3.63, 3.8) is 0 Å². The summed E-state index contributed by atoms with van der Waals surface area (Å²) < 4.78 is 0. The van der Waals surface area contributed by atoms with Crippen LogP contribution >= 0.6 is 0 Å². The van der Waals surface area contributed by atoms with Crippen molar-refractivity contribution in [3.05, 3.63) is 66.0 Å². The number of rotatable bonds is 1. The Hall–Kier alpha value is -2.62. The second kappa shape index (κ2) is 7.73. The first kappa shape index (κ1) is 19.7. The van der Waals surface area contributed by atoms with Crippen LogP contribution in [0.4, 0.5) is 0 Å². The molecule has 138 valence electrons. The van der Waals surface area contributed by atoms with Crippen LogP contribution in [0, 0.1) is 0 Å². The van der Waals surface area contributed by atoms with Crippen molar-refractivity contribution < 1.29 is 5.11 Å². The smallest absolute Gasteiger partial charge is 0.127 e. The van der Waals surface area contributed by atoms with E-state index in [2.05, 4.69) is 69.1 Å². The standard InChI is InChI=1S/C20H26O.C2H3N3/c1-19(2,3)15-12-16(14-10-8-7-9-11-14)18(21)17(13-15)20(4,5)6;1-2-4-5-3-1/h7-13,21H,1-6H3;1-2H,(H,3,4,5). The van der Waals surface area contributed by atoms with Crippen LogP contribution in [0.25, 0.3) is 11.1 Å². The summed E-state index contributed by atoms with van der Waals surface area (Å²) in [4.78, 5) is 0. The Balaban J connectivity index is 0.000000417. The summed E-state index contributed by atoms with van der Waals surface area (Å²) in [5.41, 5.74) is 4.21. The predicted octanol–water partition coefficient (Wildman–Crippen LogP) is 5.46. The number of aromatic hydroxyl groups is 1. The summed E-state index contributed by atoms with van der Waals surface area (Å²) in [7, 11) is 0. The van der Waals surface area contributed by atoms with Gasteiger partial charge in [-0.05, 0) is 28.0 Å². The van der Waals surface area contributed by atoms with Crippen molar-refractivity contribution >= 4 is 0 Å². The molecule has 0 aliphatic rings. The fourth-order valence-electron chi connectivity index (χ4n) is 2.64. The van der Waals surface area contributed by atoms with Crippen LogP contribution in [0.5, 0.6) is 5.75 Å². The van der Waals surface area contributed by atoms with E-state index in [1.165, 1.54) is 5.56 Å². The van der Waals surface area contributed by atoms with Crippen molar-refractivity contribution in [1.82, 2.24) is 15.4 Å². The third kappa shape index (κ3) is 4.94. The molecule has 0 aliphatic carbocycles. The Morgan fingerprint density at radius 3 is 1.81 bits per heavy atom. The van der Waals surface area contributed by atoms with Crippen molar-refractivity contribution in [2.75, 3.05) is 0 Å². The molecule has 1 heterocycles. The highest BCUT2D eigenvalue weighted by molar-refractivity contribution is 5.73. The van der Waals surface area contributed by atoms with Crippen molar-refractivity contribution in [1.29, 1.82) is 0 Å². The van der Waals surface area contributed by atoms with Crippen LogP contribution < -0.4 is 0 Å². The maximum Gasteiger partial charge on any atom is 0.127 e. The number of benzene rings is 2. The van der Waals surface area contributed by atoms with Gasteiger partial charge in [-0.2, -0.15) is 15.4 Å². The van der Waals surface area contributed by atoms with Gasteiger partial charge in [0.1, 0.15) is 5.75 Å². The summed E-state index contributed by atoms with van der Waals surface area (Å²) in [6.07, 6.45) is 3.17. The van der Waals surface area contributed by atoms with Gasteiger partial charge in [0.05, 0.1) is 12.4 Å². The highest BCUT2D eigenvalue weighted by Gasteiger charge is 2.25. The fourth-order valence-corrected chi connectivity index (χ4v) is 2.64. The minimum absolute atomic E-state index is 0.0528. The first-order valence-corrected chi connectivity index (χ1v) is 8.84. The molecule has 3 aromatic rings. The number of hydrogen-bond acceptors (Lipinski definition) is 3. The minimum atomic E-state index is -0.0884. The summed E-state index contributed by atoms with van der Waals surface area (Å²) in [5, 5.41) is 20.1. The second-order valence-electron chi connectivity index (χ2n) is 8.44. The Labute approximate surface area is 156 Å². The van der Waals surface area contributed by atoms with Crippen LogP contribution in [0.1, 0.15) is 52.7 Å². The largest absolute Gasteiger partial charge is 0.507 e. The maximum atomic E-state index is 10.8. The maximum absolute atomic E-state index is 10.8. The molecule has 2 N–H and O–H groups in total. The molecule has 0 bridgehead atoms. The summed E-state index contributed by atoms with van der Waals surface area (Å²) in [6.45, 7) is 13.1. The van der Waals surface area contributed by atoms with E-state index in [9.17, 15) is 5.11 Å². The molecule has 3 rings (SSSR count). The summed E-state index contributed by atoms with van der Waals surface area (Å²) >= 11 is 0. The van der Waals surface area contributed by atoms with E-state index < -0.39 is 0 Å².